The first kappa shape index (κ1) is 36.3. The van der Waals surface area contributed by atoms with Crippen molar-refractivity contribution in [2.24, 2.45) is 0 Å². The number of fused-ring (bicyclic) bond motifs is 5. The molecule has 12 aromatic rings. The van der Waals surface area contributed by atoms with Crippen LogP contribution >= 0.6 is 0 Å². The Hall–Kier alpha value is -8.54. The molecule has 2 heterocycles. The maximum Gasteiger partial charge on any atom is 0.227 e. The lowest BCUT2D eigenvalue weighted by atomic mass is 9.93. The monoisotopic (exact) mass is 804 g/mol. The highest BCUT2D eigenvalue weighted by Gasteiger charge is 2.19. The molecule has 0 saturated heterocycles. The van der Waals surface area contributed by atoms with Gasteiger partial charge in [0.1, 0.15) is 5.52 Å². The summed E-state index contributed by atoms with van der Waals surface area (Å²) in [7, 11) is 0. The third kappa shape index (κ3) is 6.60. The summed E-state index contributed by atoms with van der Waals surface area (Å²) >= 11 is 0. The first-order chi connectivity index (χ1) is 31.2. The van der Waals surface area contributed by atoms with Crippen LogP contribution in [0.3, 0.4) is 0 Å². The first-order valence-corrected chi connectivity index (χ1v) is 21.1. The zero-order valence-electron chi connectivity index (χ0n) is 34.0. The number of oxazole rings is 1. The van der Waals surface area contributed by atoms with Gasteiger partial charge in [0.25, 0.3) is 0 Å². The van der Waals surface area contributed by atoms with Crippen molar-refractivity contribution in [1.29, 1.82) is 0 Å². The maximum absolute atomic E-state index is 6.72. The van der Waals surface area contributed by atoms with Crippen LogP contribution in [-0.2, 0) is 0 Å². The summed E-state index contributed by atoms with van der Waals surface area (Å²) in [5.74, 6) is 2.40. The Morgan fingerprint density at radius 2 is 0.810 bits per heavy atom. The van der Waals surface area contributed by atoms with Crippen LogP contribution < -0.4 is 0 Å². The van der Waals surface area contributed by atoms with Gasteiger partial charge in [-0.25, -0.2) is 19.9 Å². The average Bonchev–Trinajstić information content (AvgIpc) is 3.81. The number of nitrogens with zero attached hydrogens (tertiary/aromatic N) is 4. The van der Waals surface area contributed by atoms with E-state index in [1.807, 2.05) is 42.5 Å². The smallest absolute Gasteiger partial charge is 0.227 e. The molecule has 12 rings (SSSR count). The molecule has 5 heteroatoms. The van der Waals surface area contributed by atoms with Gasteiger partial charge in [0.2, 0.25) is 5.89 Å². The minimum atomic E-state index is 0.586. The second-order valence-corrected chi connectivity index (χ2v) is 15.8. The van der Waals surface area contributed by atoms with E-state index in [4.69, 9.17) is 24.4 Å². The van der Waals surface area contributed by atoms with Crippen molar-refractivity contribution in [1.82, 2.24) is 19.9 Å². The Balaban J connectivity index is 0.998. The second kappa shape index (κ2) is 15.2. The largest absolute Gasteiger partial charge is 0.435 e. The van der Waals surface area contributed by atoms with E-state index in [1.54, 1.807) is 0 Å². The molecule has 294 valence electrons. The fraction of sp³-hybridized carbons (Fsp3) is 0. The van der Waals surface area contributed by atoms with E-state index in [1.165, 1.54) is 21.9 Å². The van der Waals surface area contributed by atoms with E-state index >= 15 is 0 Å². The molecule has 0 N–H and O–H groups in total. The maximum atomic E-state index is 6.72. The third-order valence-corrected chi connectivity index (χ3v) is 12.0. The van der Waals surface area contributed by atoms with Gasteiger partial charge in [-0.15, -0.1) is 0 Å². The molecule has 0 fully saturated rings. The first-order valence-electron chi connectivity index (χ1n) is 21.1. The van der Waals surface area contributed by atoms with Crippen LogP contribution in [-0.4, -0.2) is 19.9 Å². The SMILES string of the molecule is c1ccc(-c2ccc(-c3nc4ccc5cccc(-c6cc(-c7nc(-c8ccccc8)nc(-c8ccc(-c9cccc%10ccccc9%10)cc8)n7)c7ccccc7c6)c5c4o3)cc2)cc1. The van der Waals surface area contributed by atoms with Gasteiger partial charge in [-0.05, 0) is 90.6 Å². The molecule has 0 bridgehead atoms. The van der Waals surface area contributed by atoms with Crippen LogP contribution in [0.4, 0.5) is 0 Å². The highest BCUT2D eigenvalue weighted by Crippen LogP contribution is 2.41. The number of hydrogen-bond donors (Lipinski definition) is 0. The predicted octanol–water partition coefficient (Wildman–Crippen LogP) is 15.1. The van der Waals surface area contributed by atoms with Crippen LogP contribution in [0.2, 0.25) is 0 Å². The van der Waals surface area contributed by atoms with Crippen LogP contribution in [0.25, 0.3) is 122 Å². The Bertz CT molecular complexity index is 3650. The fourth-order valence-corrected chi connectivity index (χ4v) is 8.82. The van der Waals surface area contributed by atoms with Crippen LogP contribution in [0, 0.1) is 0 Å². The molecular formula is C58H36N4O. The molecule has 2 aromatic heterocycles. The van der Waals surface area contributed by atoms with Gasteiger partial charge in [0.15, 0.2) is 23.1 Å². The number of benzene rings is 10. The molecule has 0 saturated carbocycles. The van der Waals surface area contributed by atoms with Crippen molar-refractivity contribution >= 4 is 43.4 Å². The van der Waals surface area contributed by atoms with Crippen LogP contribution in [0.1, 0.15) is 0 Å². The second-order valence-electron chi connectivity index (χ2n) is 15.8. The van der Waals surface area contributed by atoms with Gasteiger partial charge in [-0.1, -0.05) is 188 Å². The quantitative estimate of drug-likeness (QED) is 0.161. The van der Waals surface area contributed by atoms with Crippen molar-refractivity contribution < 1.29 is 4.42 Å². The van der Waals surface area contributed by atoms with Crippen molar-refractivity contribution in [2.75, 3.05) is 0 Å². The minimum Gasteiger partial charge on any atom is -0.435 e. The van der Waals surface area contributed by atoms with Crippen molar-refractivity contribution in [3.63, 3.8) is 0 Å². The van der Waals surface area contributed by atoms with Crippen molar-refractivity contribution in [3.8, 4) is 79.0 Å². The topological polar surface area (TPSA) is 64.7 Å². The molecule has 0 radical (unpaired) electrons. The molecule has 0 aliphatic carbocycles. The van der Waals surface area contributed by atoms with Gasteiger partial charge in [0.05, 0.1) is 0 Å². The van der Waals surface area contributed by atoms with Gasteiger partial charge in [-0.2, -0.15) is 0 Å². The summed E-state index contributed by atoms with van der Waals surface area (Å²) in [5.41, 5.74) is 11.9. The van der Waals surface area contributed by atoms with E-state index in [-0.39, 0.29) is 0 Å². The van der Waals surface area contributed by atoms with Crippen molar-refractivity contribution in [2.45, 2.75) is 0 Å². The molecular weight excluding hydrogens is 769 g/mol. The summed E-state index contributed by atoms with van der Waals surface area (Å²) < 4.78 is 6.72. The lowest BCUT2D eigenvalue weighted by Crippen LogP contribution is -2.01. The lowest BCUT2D eigenvalue weighted by molar-refractivity contribution is 0.623. The highest BCUT2D eigenvalue weighted by atomic mass is 16.3. The predicted molar refractivity (Wildman–Crippen MR) is 258 cm³/mol. The molecule has 0 aliphatic heterocycles. The molecule has 0 spiro atoms. The van der Waals surface area contributed by atoms with E-state index < -0.39 is 0 Å². The summed E-state index contributed by atoms with van der Waals surface area (Å²) in [5, 5.41) is 6.63. The summed E-state index contributed by atoms with van der Waals surface area (Å²) in [6.07, 6.45) is 0. The zero-order chi connectivity index (χ0) is 41.7. The fourth-order valence-electron chi connectivity index (χ4n) is 8.82. The van der Waals surface area contributed by atoms with E-state index in [0.717, 1.165) is 77.2 Å². The van der Waals surface area contributed by atoms with Gasteiger partial charge < -0.3 is 4.42 Å². The van der Waals surface area contributed by atoms with Gasteiger partial charge >= 0.3 is 0 Å². The normalized spacial score (nSPS) is 11.5. The molecule has 0 unspecified atom stereocenters. The number of hydrogen-bond acceptors (Lipinski definition) is 5. The molecule has 10 aromatic carbocycles. The number of rotatable bonds is 7. The minimum absolute atomic E-state index is 0.586. The summed E-state index contributed by atoms with van der Waals surface area (Å²) in [6, 6.07) is 75.9. The van der Waals surface area contributed by atoms with E-state index in [9.17, 15) is 0 Å². The van der Waals surface area contributed by atoms with Crippen molar-refractivity contribution in [3.05, 3.63) is 218 Å². The van der Waals surface area contributed by atoms with E-state index in [2.05, 4.69) is 176 Å². The molecule has 0 aliphatic rings. The molecule has 5 nitrogen and oxygen atoms in total. The molecule has 0 atom stereocenters. The van der Waals surface area contributed by atoms with Crippen LogP contribution in [0.15, 0.2) is 223 Å². The Kier molecular flexibility index (Phi) is 8.75. The van der Waals surface area contributed by atoms with Gasteiger partial charge in [0, 0.05) is 27.6 Å². The highest BCUT2D eigenvalue weighted by molar-refractivity contribution is 6.13. The molecule has 63 heavy (non-hydrogen) atoms. The summed E-state index contributed by atoms with van der Waals surface area (Å²) in [6.45, 7) is 0. The molecule has 0 amide bonds. The Labute approximate surface area is 363 Å². The zero-order valence-corrected chi connectivity index (χ0v) is 34.0. The van der Waals surface area contributed by atoms with Gasteiger partial charge in [-0.3, -0.25) is 0 Å². The third-order valence-electron chi connectivity index (χ3n) is 12.0. The lowest BCUT2D eigenvalue weighted by Gasteiger charge is -2.14. The number of aromatic nitrogens is 4. The van der Waals surface area contributed by atoms with Crippen LogP contribution in [0.5, 0.6) is 0 Å². The standard InChI is InChI=1S/C58H36N4O/c1-3-13-37(14-4-1)38-25-31-44(32-26-38)58-59-52-34-33-41-20-12-24-50(53(41)54(52)63-58)46-35-45-18-8-10-22-49(45)51(36-46)57-61-55(42-16-5-2-6-17-42)60-56(62-57)43-29-27-40(28-30-43)48-23-11-19-39-15-7-9-21-47(39)48/h1-36H. The van der Waals surface area contributed by atoms with E-state index in [0.29, 0.717) is 23.4 Å². The Morgan fingerprint density at radius 1 is 0.286 bits per heavy atom. The average molecular weight is 805 g/mol. The summed E-state index contributed by atoms with van der Waals surface area (Å²) in [4.78, 5) is 20.6. The Morgan fingerprint density at radius 3 is 1.56 bits per heavy atom.